The molecule has 7 heteroatoms. The number of unbranched alkanes of at least 4 members (excludes halogenated alkanes) is 1. The average molecular weight is 402 g/mol. The number of carbonyl (C=O) groups is 1. The standard InChI is InChI=1S/C21H27N3O3S/c1-3-4-7-21(25)24-12-10-18-8-9-20(13-19(18)16-24)28(26,27)23(2)15-17-6-5-11-22-14-17/h5-6,8-9,11,13-14H,3-4,7,10,12,15-16H2,1-2H3. The fourth-order valence-corrected chi connectivity index (χ4v) is 4.62. The summed E-state index contributed by atoms with van der Waals surface area (Å²) in [4.78, 5) is 18.5. The van der Waals surface area contributed by atoms with Gasteiger partial charge in [0.15, 0.2) is 0 Å². The Kier molecular flexibility index (Phi) is 6.46. The van der Waals surface area contributed by atoms with E-state index in [-0.39, 0.29) is 17.3 Å². The van der Waals surface area contributed by atoms with Gasteiger partial charge in [0.05, 0.1) is 4.90 Å². The van der Waals surface area contributed by atoms with Crippen LogP contribution in [0, 0.1) is 0 Å². The van der Waals surface area contributed by atoms with E-state index in [0.717, 1.165) is 36.0 Å². The molecule has 1 aliphatic heterocycles. The minimum atomic E-state index is -3.62. The van der Waals surface area contributed by atoms with Crippen molar-refractivity contribution < 1.29 is 13.2 Å². The lowest BCUT2D eigenvalue weighted by Crippen LogP contribution is -2.36. The molecule has 0 bridgehead atoms. The minimum Gasteiger partial charge on any atom is -0.338 e. The van der Waals surface area contributed by atoms with Crippen LogP contribution in [0.2, 0.25) is 0 Å². The third-order valence-electron chi connectivity index (χ3n) is 5.12. The van der Waals surface area contributed by atoms with Gasteiger partial charge < -0.3 is 4.90 Å². The Morgan fingerprint density at radius 3 is 2.79 bits per heavy atom. The molecule has 28 heavy (non-hydrogen) atoms. The molecule has 0 unspecified atom stereocenters. The number of sulfonamides is 1. The first-order valence-corrected chi connectivity index (χ1v) is 11.1. The lowest BCUT2D eigenvalue weighted by atomic mass is 9.99. The fourth-order valence-electron chi connectivity index (χ4n) is 3.41. The molecule has 2 aromatic rings. The number of benzene rings is 1. The van der Waals surface area contributed by atoms with Crippen molar-refractivity contribution in [3.05, 3.63) is 59.4 Å². The van der Waals surface area contributed by atoms with Crippen molar-refractivity contribution in [1.82, 2.24) is 14.2 Å². The number of carbonyl (C=O) groups excluding carboxylic acids is 1. The third-order valence-corrected chi connectivity index (χ3v) is 6.92. The van der Waals surface area contributed by atoms with E-state index in [2.05, 4.69) is 11.9 Å². The summed E-state index contributed by atoms with van der Waals surface area (Å²) in [5, 5.41) is 0. The summed E-state index contributed by atoms with van der Waals surface area (Å²) < 4.78 is 27.3. The Labute approximate surface area is 167 Å². The summed E-state index contributed by atoms with van der Waals surface area (Å²) in [6.07, 6.45) is 6.52. The highest BCUT2D eigenvalue weighted by atomic mass is 32.2. The lowest BCUT2D eigenvalue weighted by molar-refractivity contribution is -0.132. The summed E-state index contributed by atoms with van der Waals surface area (Å²) in [5.41, 5.74) is 2.87. The minimum absolute atomic E-state index is 0.148. The highest BCUT2D eigenvalue weighted by molar-refractivity contribution is 7.89. The highest BCUT2D eigenvalue weighted by Crippen LogP contribution is 2.25. The smallest absolute Gasteiger partial charge is 0.243 e. The summed E-state index contributed by atoms with van der Waals surface area (Å²) in [5.74, 6) is 0.148. The zero-order valence-corrected chi connectivity index (χ0v) is 17.3. The molecular weight excluding hydrogens is 374 g/mol. The number of amides is 1. The zero-order chi connectivity index (χ0) is 20.1. The van der Waals surface area contributed by atoms with E-state index < -0.39 is 10.0 Å². The number of nitrogens with zero attached hydrogens (tertiary/aromatic N) is 3. The van der Waals surface area contributed by atoms with Crippen LogP contribution in [0.5, 0.6) is 0 Å². The van der Waals surface area contributed by atoms with Crippen LogP contribution < -0.4 is 0 Å². The zero-order valence-electron chi connectivity index (χ0n) is 16.5. The van der Waals surface area contributed by atoms with Crippen LogP contribution in [0.25, 0.3) is 0 Å². The van der Waals surface area contributed by atoms with Gasteiger partial charge >= 0.3 is 0 Å². The molecule has 0 radical (unpaired) electrons. The predicted octanol–water partition coefficient (Wildman–Crippen LogP) is 2.98. The first-order chi connectivity index (χ1) is 13.4. The molecular formula is C21H27N3O3S. The quantitative estimate of drug-likeness (QED) is 0.715. The van der Waals surface area contributed by atoms with E-state index in [1.54, 1.807) is 37.6 Å². The van der Waals surface area contributed by atoms with Crippen LogP contribution >= 0.6 is 0 Å². The van der Waals surface area contributed by atoms with E-state index in [0.29, 0.717) is 19.5 Å². The van der Waals surface area contributed by atoms with Crippen molar-refractivity contribution in [2.75, 3.05) is 13.6 Å². The molecule has 0 saturated heterocycles. The van der Waals surface area contributed by atoms with Crippen LogP contribution in [0.3, 0.4) is 0 Å². The molecule has 0 spiro atoms. The molecule has 2 heterocycles. The fraction of sp³-hybridized carbons (Fsp3) is 0.429. The van der Waals surface area contributed by atoms with Crippen LogP contribution in [-0.2, 0) is 34.3 Å². The summed E-state index contributed by atoms with van der Waals surface area (Å²) in [6, 6.07) is 8.92. The Balaban J connectivity index is 1.77. The molecule has 150 valence electrons. The van der Waals surface area contributed by atoms with E-state index in [9.17, 15) is 13.2 Å². The molecule has 0 atom stereocenters. The maximum absolute atomic E-state index is 13.0. The number of aromatic nitrogens is 1. The highest BCUT2D eigenvalue weighted by Gasteiger charge is 2.25. The molecule has 3 rings (SSSR count). The van der Waals surface area contributed by atoms with Gasteiger partial charge in [-0.3, -0.25) is 9.78 Å². The average Bonchev–Trinajstić information content (AvgIpc) is 2.71. The predicted molar refractivity (Wildman–Crippen MR) is 108 cm³/mol. The topological polar surface area (TPSA) is 70.6 Å². The summed E-state index contributed by atoms with van der Waals surface area (Å²) in [6.45, 7) is 3.50. The normalized spacial score (nSPS) is 14.2. The SMILES string of the molecule is CCCCC(=O)N1CCc2ccc(S(=O)(=O)N(C)Cc3cccnc3)cc2C1. The number of fused-ring (bicyclic) bond motifs is 1. The van der Waals surface area contributed by atoms with Gasteiger partial charge in [0.1, 0.15) is 0 Å². The first kappa shape index (κ1) is 20.5. The van der Waals surface area contributed by atoms with E-state index >= 15 is 0 Å². The summed E-state index contributed by atoms with van der Waals surface area (Å²) in [7, 11) is -2.05. The van der Waals surface area contributed by atoms with Gasteiger partial charge in [0.2, 0.25) is 15.9 Å². The van der Waals surface area contributed by atoms with Gasteiger partial charge in [0.25, 0.3) is 0 Å². The number of hydrogen-bond donors (Lipinski definition) is 0. The molecule has 0 fully saturated rings. The Hall–Kier alpha value is -2.25. The van der Waals surface area contributed by atoms with E-state index in [1.807, 2.05) is 17.0 Å². The third kappa shape index (κ3) is 4.59. The van der Waals surface area contributed by atoms with Gasteiger partial charge in [0, 0.05) is 45.5 Å². The number of rotatable bonds is 7. The molecule has 1 aromatic carbocycles. The first-order valence-electron chi connectivity index (χ1n) is 9.66. The molecule has 0 saturated carbocycles. The van der Waals surface area contributed by atoms with Gasteiger partial charge in [-0.1, -0.05) is 25.5 Å². The van der Waals surface area contributed by atoms with Crippen molar-refractivity contribution in [3.63, 3.8) is 0 Å². The maximum atomic E-state index is 13.0. The largest absolute Gasteiger partial charge is 0.338 e. The van der Waals surface area contributed by atoms with E-state index in [1.165, 1.54) is 4.31 Å². The monoisotopic (exact) mass is 401 g/mol. The maximum Gasteiger partial charge on any atom is 0.243 e. The van der Waals surface area contributed by atoms with Crippen LogP contribution in [0.1, 0.15) is 42.9 Å². The van der Waals surface area contributed by atoms with Gasteiger partial charge in [-0.25, -0.2) is 8.42 Å². The Bertz CT molecular complexity index is 929. The van der Waals surface area contributed by atoms with Crippen molar-refractivity contribution in [1.29, 1.82) is 0 Å². The van der Waals surface area contributed by atoms with Crippen molar-refractivity contribution >= 4 is 15.9 Å². The molecule has 1 aliphatic rings. The second-order valence-electron chi connectivity index (χ2n) is 7.22. The molecule has 1 aromatic heterocycles. The lowest BCUT2D eigenvalue weighted by Gasteiger charge is -2.29. The van der Waals surface area contributed by atoms with Gasteiger partial charge in [-0.2, -0.15) is 4.31 Å². The van der Waals surface area contributed by atoms with E-state index in [4.69, 9.17) is 0 Å². The number of hydrogen-bond acceptors (Lipinski definition) is 4. The second kappa shape index (κ2) is 8.84. The molecule has 0 aliphatic carbocycles. The van der Waals surface area contributed by atoms with Crippen LogP contribution in [0.15, 0.2) is 47.6 Å². The van der Waals surface area contributed by atoms with Crippen molar-refractivity contribution in [2.45, 2.75) is 50.6 Å². The molecule has 6 nitrogen and oxygen atoms in total. The van der Waals surface area contributed by atoms with Gasteiger partial charge in [-0.15, -0.1) is 0 Å². The number of pyridine rings is 1. The Morgan fingerprint density at radius 2 is 2.07 bits per heavy atom. The molecule has 1 amide bonds. The molecule has 0 N–H and O–H groups in total. The second-order valence-corrected chi connectivity index (χ2v) is 9.27. The Morgan fingerprint density at radius 1 is 1.25 bits per heavy atom. The van der Waals surface area contributed by atoms with Crippen LogP contribution in [-0.4, -0.2) is 42.1 Å². The summed E-state index contributed by atoms with van der Waals surface area (Å²) >= 11 is 0. The van der Waals surface area contributed by atoms with Crippen LogP contribution in [0.4, 0.5) is 0 Å². The van der Waals surface area contributed by atoms with Crippen molar-refractivity contribution in [2.24, 2.45) is 0 Å². The van der Waals surface area contributed by atoms with Gasteiger partial charge in [-0.05, 0) is 47.7 Å². The van der Waals surface area contributed by atoms with Crippen molar-refractivity contribution in [3.8, 4) is 0 Å².